The Hall–Kier alpha value is -0.290. The van der Waals surface area contributed by atoms with E-state index in [4.69, 9.17) is 9.73 Å². The van der Waals surface area contributed by atoms with Crippen LogP contribution in [0.3, 0.4) is 0 Å². The normalized spacial score (nSPS) is 21.9. The van der Waals surface area contributed by atoms with Crippen LogP contribution < -0.4 is 5.32 Å². The number of hydrogen-bond acceptors (Lipinski definition) is 3. The highest BCUT2D eigenvalue weighted by molar-refractivity contribution is 14.0. The number of methoxy groups -OCH3 is 1. The lowest BCUT2D eigenvalue weighted by Gasteiger charge is -2.39. The second-order valence-electron chi connectivity index (χ2n) is 7.15. The molecule has 0 spiro atoms. The Morgan fingerprint density at radius 2 is 1.85 bits per heavy atom. The molecule has 1 heterocycles. The van der Waals surface area contributed by atoms with Crippen molar-refractivity contribution in [1.82, 2.24) is 15.1 Å². The number of alkyl halides is 3. The molecule has 0 bridgehead atoms. The molecule has 0 aromatic heterocycles. The number of ether oxygens (including phenoxy) is 1. The van der Waals surface area contributed by atoms with Gasteiger partial charge in [0.15, 0.2) is 5.96 Å². The number of guanidine groups is 1. The van der Waals surface area contributed by atoms with E-state index < -0.39 is 12.2 Å². The summed E-state index contributed by atoms with van der Waals surface area (Å²) in [4.78, 5) is 8.36. The largest absolute Gasteiger partial charge is 0.403 e. The molecule has 1 unspecified atom stereocenters. The summed E-state index contributed by atoms with van der Waals surface area (Å²) in [6, 6.07) is -1.39. The SMILES string of the molecule is CCNC(=NCC1(CCOC)CC1)N1CCN(C(C)C(F)(F)F)CC1.I. The van der Waals surface area contributed by atoms with E-state index in [0.717, 1.165) is 32.1 Å². The van der Waals surface area contributed by atoms with Crippen LogP contribution in [0.2, 0.25) is 0 Å². The standard InChI is InChI=1S/C17H31F3N4O.HI/c1-4-21-15(22-13-16(5-6-16)7-12-25-3)24-10-8-23(9-11-24)14(2)17(18,19)20;/h14H,4-13H2,1-3H3,(H,21,22);1H. The highest BCUT2D eigenvalue weighted by atomic mass is 127. The van der Waals surface area contributed by atoms with Gasteiger partial charge < -0.3 is 15.0 Å². The lowest BCUT2D eigenvalue weighted by atomic mass is 10.0. The molecule has 0 aromatic carbocycles. The van der Waals surface area contributed by atoms with Crippen LogP contribution in [0.15, 0.2) is 4.99 Å². The van der Waals surface area contributed by atoms with Gasteiger partial charge in [-0.15, -0.1) is 24.0 Å². The van der Waals surface area contributed by atoms with Crippen LogP contribution in [-0.2, 0) is 4.74 Å². The third-order valence-corrected chi connectivity index (χ3v) is 5.33. The predicted octanol–water partition coefficient (Wildman–Crippen LogP) is 2.96. The van der Waals surface area contributed by atoms with Gasteiger partial charge in [0, 0.05) is 53.0 Å². The second-order valence-corrected chi connectivity index (χ2v) is 7.15. The van der Waals surface area contributed by atoms with Gasteiger partial charge in [0.2, 0.25) is 0 Å². The van der Waals surface area contributed by atoms with E-state index in [1.165, 1.54) is 24.7 Å². The first kappa shape index (κ1) is 23.7. The van der Waals surface area contributed by atoms with Gasteiger partial charge in [-0.05, 0) is 38.5 Å². The summed E-state index contributed by atoms with van der Waals surface area (Å²) in [6.45, 7) is 7.45. The van der Waals surface area contributed by atoms with Gasteiger partial charge in [-0.2, -0.15) is 13.2 Å². The molecule has 5 nitrogen and oxygen atoms in total. The summed E-state index contributed by atoms with van der Waals surface area (Å²) in [6.07, 6.45) is -0.796. The Bertz CT molecular complexity index is 450. The Labute approximate surface area is 171 Å². The smallest absolute Gasteiger partial charge is 0.385 e. The monoisotopic (exact) mass is 492 g/mol. The minimum Gasteiger partial charge on any atom is -0.385 e. The number of rotatable bonds is 7. The first-order chi connectivity index (χ1) is 11.8. The molecule has 26 heavy (non-hydrogen) atoms. The first-order valence-corrected chi connectivity index (χ1v) is 9.14. The molecule has 1 N–H and O–H groups in total. The topological polar surface area (TPSA) is 40.1 Å². The zero-order chi connectivity index (χ0) is 18.5. The zero-order valence-electron chi connectivity index (χ0n) is 15.9. The molecule has 1 atom stereocenters. The molecule has 0 radical (unpaired) electrons. The number of nitrogens with zero attached hydrogens (tertiary/aromatic N) is 3. The molecule has 2 rings (SSSR count). The van der Waals surface area contributed by atoms with Crippen molar-refractivity contribution in [2.75, 3.05) is 53.0 Å². The van der Waals surface area contributed by atoms with E-state index in [2.05, 4.69) is 10.2 Å². The van der Waals surface area contributed by atoms with Crippen molar-refractivity contribution >= 4 is 29.9 Å². The van der Waals surface area contributed by atoms with Crippen LogP contribution in [0.4, 0.5) is 13.2 Å². The third-order valence-electron chi connectivity index (χ3n) is 5.33. The Kier molecular flexibility index (Phi) is 9.42. The molecule has 1 aliphatic carbocycles. The first-order valence-electron chi connectivity index (χ1n) is 9.14. The fourth-order valence-corrected chi connectivity index (χ4v) is 3.18. The molecule has 0 aromatic rings. The molecule has 2 aliphatic rings. The van der Waals surface area contributed by atoms with E-state index >= 15 is 0 Å². The molecule has 2 fully saturated rings. The lowest BCUT2D eigenvalue weighted by Crippen LogP contribution is -2.56. The summed E-state index contributed by atoms with van der Waals surface area (Å²) in [5, 5.41) is 3.29. The summed E-state index contributed by atoms with van der Waals surface area (Å²) in [5.41, 5.74) is 0.267. The van der Waals surface area contributed by atoms with Gasteiger partial charge in [-0.1, -0.05) is 0 Å². The van der Waals surface area contributed by atoms with Crippen molar-refractivity contribution in [2.24, 2.45) is 10.4 Å². The minimum atomic E-state index is -4.17. The molecule has 0 amide bonds. The average Bonchev–Trinajstić information content (AvgIpc) is 3.36. The highest BCUT2D eigenvalue weighted by Crippen LogP contribution is 2.49. The van der Waals surface area contributed by atoms with Gasteiger partial charge in [-0.25, -0.2) is 0 Å². The van der Waals surface area contributed by atoms with Crippen molar-refractivity contribution in [1.29, 1.82) is 0 Å². The molecule has 9 heteroatoms. The predicted molar refractivity (Wildman–Crippen MR) is 108 cm³/mol. The van der Waals surface area contributed by atoms with Crippen molar-refractivity contribution in [3.8, 4) is 0 Å². The van der Waals surface area contributed by atoms with Crippen LogP contribution in [0, 0.1) is 5.41 Å². The van der Waals surface area contributed by atoms with Crippen LogP contribution in [-0.4, -0.2) is 81.0 Å². The molecular formula is C17H32F3IN4O. The number of hydrogen-bond donors (Lipinski definition) is 1. The number of nitrogens with one attached hydrogen (secondary N) is 1. The number of piperazine rings is 1. The van der Waals surface area contributed by atoms with Crippen molar-refractivity contribution in [3.63, 3.8) is 0 Å². The fraction of sp³-hybridized carbons (Fsp3) is 0.941. The fourth-order valence-electron chi connectivity index (χ4n) is 3.18. The Balaban J connectivity index is 0.00000338. The maximum Gasteiger partial charge on any atom is 0.403 e. The van der Waals surface area contributed by atoms with E-state index in [9.17, 15) is 13.2 Å². The van der Waals surface area contributed by atoms with E-state index in [1.54, 1.807) is 7.11 Å². The van der Waals surface area contributed by atoms with Gasteiger partial charge >= 0.3 is 6.18 Å². The molecule has 1 saturated heterocycles. The second kappa shape index (κ2) is 10.3. The van der Waals surface area contributed by atoms with Crippen LogP contribution in [0.5, 0.6) is 0 Å². The number of aliphatic imine (C=N–C) groups is 1. The summed E-state index contributed by atoms with van der Waals surface area (Å²) in [5.74, 6) is 0.825. The van der Waals surface area contributed by atoms with Gasteiger partial charge in [0.25, 0.3) is 0 Å². The van der Waals surface area contributed by atoms with Gasteiger partial charge in [0.05, 0.1) is 0 Å². The van der Waals surface area contributed by atoms with Crippen molar-refractivity contribution in [2.45, 2.75) is 45.3 Å². The third kappa shape index (κ3) is 6.70. The maximum atomic E-state index is 12.9. The van der Waals surface area contributed by atoms with Crippen LogP contribution >= 0.6 is 24.0 Å². The average molecular weight is 492 g/mol. The highest BCUT2D eigenvalue weighted by Gasteiger charge is 2.43. The van der Waals surface area contributed by atoms with Gasteiger partial charge in [-0.3, -0.25) is 9.89 Å². The molecule has 1 saturated carbocycles. The Morgan fingerprint density at radius 1 is 1.23 bits per heavy atom. The van der Waals surface area contributed by atoms with E-state index in [-0.39, 0.29) is 29.4 Å². The quantitative estimate of drug-likeness (QED) is 0.337. The number of halogens is 4. The molecule has 154 valence electrons. The summed E-state index contributed by atoms with van der Waals surface area (Å²) >= 11 is 0. The van der Waals surface area contributed by atoms with E-state index in [1.807, 2.05) is 6.92 Å². The van der Waals surface area contributed by atoms with Crippen LogP contribution in [0.25, 0.3) is 0 Å². The summed E-state index contributed by atoms with van der Waals surface area (Å²) < 4.78 is 43.8. The van der Waals surface area contributed by atoms with Gasteiger partial charge in [0.1, 0.15) is 6.04 Å². The summed E-state index contributed by atoms with van der Waals surface area (Å²) in [7, 11) is 1.71. The van der Waals surface area contributed by atoms with E-state index in [0.29, 0.717) is 26.2 Å². The van der Waals surface area contributed by atoms with Crippen molar-refractivity contribution < 1.29 is 17.9 Å². The van der Waals surface area contributed by atoms with Crippen molar-refractivity contribution in [3.05, 3.63) is 0 Å². The maximum absolute atomic E-state index is 12.9. The van der Waals surface area contributed by atoms with Crippen LogP contribution in [0.1, 0.15) is 33.1 Å². The zero-order valence-corrected chi connectivity index (χ0v) is 18.3. The minimum absolute atomic E-state index is 0. The lowest BCUT2D eigenvalue weighted by molar-refractivity contribution is -0.181. The Morgan fingerprint density at radius 3 is 2.31 bits per heavy atom. The molecule has 1 aliphatic heterocycles. The molecular weight excluding hydrogens is 460 g/mol.